The number of nitrogens with zero attached hydrogens (tertiary/aromatic N) is 1. The van der Waals surface area contributed by atoms with Crippen LogP contribution >= 0.6 is 11.8 Å². The topological polar surface area (TPSA) is 16.4 Å². The zero-order valence-corrected chi connectivity index (χ0v) is 12.3. The highest BCUT2D eigenvalue weighted by Gasteiger charge is 2.33. The van der Waals surface area contributed by atoms with Crippen LogP contribution in [0.1, 0.15) is 30.1 Å². The highest BCUT2D eigenvalue weighted by atomic mass is 32.2. The molecule has 0 saturated heterocycles. The van der Waals surface area contributed by atoms with Crippen LogP contribution in [-0.2, 0) is 6.54 Å². The summed E-state index contributed by atoms with van der Waals surface area (Å²) in [6, 6.07) is 13.7. The van der Waals surface area contributed by atoms with Crippen molar-refractivity contribution in [3.8, 4) is 0 Å². The van der Waals surface area contributed by atoms with E-state index < -0.39 is 0 Å². The van der Waals surface area contributed by atoms with Crippen molar-refractivity contribution in [1.29, 1.82) is 0 Å². The highest BCUT2D eigenvalue weighted by molar-refractivity contribution is 7.99. The number of benzene rings is 1. The molecule has 2 aliphatic rings. The van der Waals surface area contributed by atoms with Gasteiger partial charge in [0, 0.05) is 29.2 Å². The largest absolute Gasteiger partial charge is 0.468 e. The van der Waals surface area contributed by atoms with E-state index in [2.05, 4.69) is 35.2 Å². The quantitative estimate of drug-likeness (QED) is 0.821. The van der Waals surface area contributed by atoms with Crippen molar-refractivity contribution < 1.29 is 4.42 Å². The standard InChI is InChI=1S/C17H19NOS/c1-2-6-17-16(5-1)13(12-20-17)10-18(14-7-8-14)11-15-4-3-9-19-15/h1-6,9,13-14H,7-8,10-12H2. The van der Waals surface area contributed by atoms with Gasteiger partial charge >= 0.3 is 0 Å². The zero-order valence-electron chi connectivity index (χ0n) is 11.5. The van der Waals surface area contributed by atoms with Gasteiger partial charge < -0.3 is 4.42 Å². The molecule has 0 radical (unpaired) electrons. The molecule has 20 heavy (non-hydrogen) atoms. The molecule has 1 aromatic carbocycles. The van der Waals surface area contributed by atoms with Gasteiger partial charge in [-0.2, -0.15) is 0 Å². The third-order valence-corrected chi connectivity index (χ3v) is 5.51. The molecule has 2 aromatic rings. The number of furan rings is 1. The Morgan fingerprint density at radius 3 is 2.85 bits per heavy atom. The Kier molecular flexibility index (Phi) is 3.32. The van der Waals surface area contributed by atoms with Gasteiger partial charge in [0.15, 0.2) is 0 Å². The van der Waals surface area contributed by atoms with E-state index in [4.69, 9.17) is 4.42 Å². The van der Waals surface area contributed by atoms with Crippen molar-refractivity contribution in [3.63, 3.8) is 0 Å². The molecule has 1 saturated carbocycles. The molecule has 4 rings (SSSR count). The lowest BCUT2D eigenvalue weighted by atomic mass is 10.0. The predicted octanol–water partition coefficient (Wildman–Crippen LogP) is 4.13. The molecule has 3 heteroatoms. The second kappa shape index (κ2) is 5.30. The van der Waals surface area contributed by atoms with Crippen LogP contribution < -0.4 is 0 Å². The summed E-state index contributed by atoms with van der Waals surface area (Å²) in [5, 5.41) is 0. The van der Waals surface area contributed by atoms with E-state index in [-0.39, 0.29) is 0 Å². The van der Waals surface area contributed by atoms with Crippen LogP contribution in [0.25, 0.3) is 0 Å². The number of rotatable bonds is 5. The molecule has 1 unspecified atom stereocenters. The first-order valence-corrected chi connectivity index (χ1v) is 8.37. The van der Waals surface area contributed by atoms with Crippen LogP contribution in [0.15, 0.2) is 52.0 Å². The number of fused-ring (bicyclic) bond motifs is 1. The van der Waals surface area contributed by atoms with Gasteiger partial charge in [-0.3, -0.25) is 4.90 Å². The third-order valence-electron chi connectivity index (χ3n) is 4.26. The summed E-state index contributed by atoms with van der Waals surface area (Å²) in [5.74, 6) is 2.99. The Morgan fingerprint density at radius 1 is 1.15 bits per heavy atom. The van der Waals surface area contributed by atoms with Crippen molar-refractivity contribution >= 4 is 11.8 Å². The highest BCUT2D eigenvalue weighted by Crippen LogP contribution is 2.41. The van der Waals surface area contributed by atoms with E-state index in [1.54, 1.807) is 11.8 Å². The number of hydrogen-bond acceptors (Lipinski definition) is 3. The maximum absolute atomic E-state index is 5.53. The van der Waals surface area contributed by atoms with Crippen LogP contribution in [0.4, 0.5) is 0 Å². The van der Waals surface area contributed by atoms with Crippen molar-refractivity contribution in [1.82, 2.24) is 4.90 Å². The van der Waals surface area contributed by atoms with E-state index >= 15 is 0 Å². The van der Waals surface area contributed by atoms with Crippen molar-refractivity contribution in [3.05, 3.63) is 54.0 Å². The molecule has 1 atom stereocenters. The second-order valence-corrected chi connectivity index (χ2v) is 6.85. The van der Waals surface area contributed by atoms with Gasteiger partial charge in [0.1, 0.15) is 5.76 Å². The first-order valence-electron chi connectivity index (χ1n) is 7.38. The molecule has 0 spiro atoms. The summed E-state index contributed by atoms with van der Waals surface area (Å²) in [5.41, 5.74) is 1.54. The fourth-order valence-electron chi connectivity index (χ4n) is 3.05. The summed E-state index contributed by atoms with van der Waals surface area (Å²) >= 11 is 2.01. The lowest BCUT2D eigenvalue weighted by Crippen LogP contribution is -2.30. The minimum atomic E-state index is 0.673. The third kappa shape index (κ3) is 2.52. The number of thioether (sulfide) groups is 1. The molecule has 1 aromatic heterocycles. The fraction of sp³-hybridized carbons (Fsp3) is 0.412. The van der Waals surface area contributed by atoms with Gasteiger partial charge in [-0.05, 0) is 36.6 Å². The Hall–Kier alpha value is -1.19. The van der Waals surface area contributed by atoms with Crippen LogP contribution in [0.2, 0.25) is 0 Å². The summed E-state index contributed by atoms with van der Waals surface area (Å²) in [7, 11) is 0. The SMILES string of the molecule is c1coc(CN(CC2CSc3ccccc32)C2CC2)c1. The Balaban J connectivity index is 1.49. The predicted molar refractivity (Wildman–Crippen MR) is 82.0 cm³/mol. The van der Waals surface area contributed by atoms with E-state index in [0.29, 0.717) is 5.92 Å². The Labute approximate surface area is 124 Å². The summed E-state index contributed by atoms with van der Waals surface area (Å²) in [4.78, 5) is 4.10. The van der Waals surface area contributed by atoms with Gasteiger partial charge in [0.2, 0.25) is 0 Å². The molecule has 1 aliphatic heterocycles. The lowest BCUT2D eigenvalue weighted by Gasteiger charge is -2.24. The van der Waals surface area contributed by atoms with Crippen molar-refractivity contribution in [2.24, 2.45) is 0 Å². The van der Waals surface area contributed by atoms with Gasteiger partial charge in [0.25, 0.3) is 0 Å². The molecule has 1 aliphatic carbocycles. The molecule has 0 amide bonds. The maximum Gasteiger partial charge on any atom is 0.117 e. The Bertz CT molecular complexity index is 576. The molecule has 1 fully saturated rings. The molecular weight excluding hydrogens is 266 g/mol. The van der Waals surface area contributed by atoms with Crippen LogP contribution in [0.5, 0.6) is 0 Å². The smallest absolute Gasteiger partial charge is 0.117 e. The molecule has 2 nitrogen and oxygen atoms in total. The fourth-order valence-corrected chi connectivity index (χ4v) is 4.29. The average Bonchev–Trinajstić information content (AvgIpc) is 3.05. The minimum absolute atomic E-state index is 0.673. The van der Waals surface area contributed by atoms with Gasteiger partial charge in [-0.15, -0.1) is 11.8 Å². The molecular formula is C17H19NOS. The van der Waals surface area contributed by atoms with Crippen LogP contribution in [0, 0.1) is 0 Å². The number of hydrogen-bond donors (Lipinski definition) is 0. The van der Waals surface area contributed by atoms with Crippen molar-refractivity contribution in [2.75, 3.05) is 12.3 Å². The molecule has 0 N–H and O–H groups in total. The molecule has 2 heterocycles. The monoisotopic (exact) mass is 285 g/mol. The zero-order chi connectivity index (χ0) is 13.4. The minimum Gasteiger partial charge on any atom is -0.468 e. The molecule has 0 bridgehead atoms. The normalized spacial score (nSPS) is 21.4. The second-order valence-electron chi connectivity index (χ2n) is 5.79. The lowest BCUT2D eigenvalue weighted by molar-refractivity contribution is 0.224. The average molecular weight is 285 g/mol. The first kappa shape index (κ1) is 12.5. The van der Waals surface area contributed by atoms with Gasteiger partial charge in [-0.1, -0.05) is 18.2 Å². The van der Waals surface area contributed by atoms with E-state index in [0.717, 1.165) is 24.9 Å². The van der Waals surface area contributed by atoms with E-state index in [1.807, 2.05) is 17.8 Å². The van der Waals surface area contributed by atoms with Gasteiger partial charge in [0.05, 0.1) is 12.8 Å². The van der Waals surface area contributed by atoms with Gasteiger partial charge in [-0.25, -0.2) is 0 Å². The Morgan fingerprint density at radius 2 is 2.05 bits per heavy atom. The summed E-state index contributed by atoms with van der Waals surface area (Å²) < 4.78 is 5.53. The van der Waals surface area contributed by atoms with Crippen LogP contribution in [0.3, 0.4) is 0 Å². The maximum atomic E-state index is 5.53. The van der Waals surface area contributed by atoms with E-state index in [9.17, 15) is 0 Å². The summed E-state index contributed by atoms with van der Waals surface area (Å²) in [6.07, 6.45) is 4.48. The summed E-state index contributed by atoms with van der Waals surface area (Å²) in [6.45, 7) is 2.12. The van der Waals surface area contributed by atoms with Crippen molar-refractivity contribution in [2.45, 2.75) is 36.2 Å². The van der Waals surface area contributed by atoms with E-state index in [1.165, 1.54) is 23.5 Å². The first-order chi connectivity index (χ1) is 9.90. The van der Waals surface area contributed by atoms with Crippen LogP contribution in [-0.4, -0.2) is 23.2 Å². The molecule has 104 valence electrons.